The molecule has 0 aliphatic carbocycles. The fraction of sp³-hybridized carbons (Fsp3) is 0.375. The van der Waals surface area contributed by atoms with Gasteiger partial charge in [0, 0.05) is 11.1 Å². The van der Waals surface area contributed by atoms with Crippen LogP contribution < -0.4 is 4.74 Å². The van der Waals surface area contributed by atoms with Gasteiger partial charge < -0.3 is 4.74 Å². The SMILES string of the molecule is COc1c(C)c(F)nc(F)c1C. The van der Waals surface area contributed by atoms with Crippen molar-refractivity contribution in [3.63, 3.8) is 0 Å². The molecule has 0 aromatic carbocycles. The van der Waals surface area contributed by atoms with Gasteiger partial charge in [-0.05, 0) is 13.8 Å². The second-order valence-electron chi connectivity index (χ2n) is 2.48. The molecule has 0 aliphatic heterocycles. The summed E-state index contributed by atoms with van der Waals surface area (Å²) in [5.41, 5.74) is 0.466. The summed E-state index contributed by atoms with van der Waals surface area (Å²) in [7, 11) is 1.37. The highest BCUT2D eigenvalue weighted by atomic mass is 19.1. The van der Waals surface area contributed by atoms with E-state index in [1.807, 2.05) is 0 Å². The first-order chi connectivity index (χ1) is 5.57. The second-order valence-corrected chi connectivity index (χ2v) is 2.48. The summed E-state index contributed by atoms with van der Waals surface area (Å²) in [6.45, 7) is 2.99. The van der Waals surface area contributed by atoms with E-state index in [0.717, 1.165) is 0 Å². The predicted molar refractivity (Wildman–Crippen MR) is 40.2 cm³/mol. The van der Waals surface area contributed by atoms with E-state index in [1.165, 1.54) is 21.0 Å². The molecule has 0 bridgehead atoms. The number of hydrogen-bond acceptors (Lipinski definition) is 2. The van der Waals surface area contributed by atoms with Gasteiger partial charge in [0.15, 0.2) is 0 Å². The number of aromatic nitrogens is 1. The first-order valence-electron chi connectivity index (χ1n) is 3.44. The molecule has 0 saturated heterocycles. The summed E-state index contributed by atoms with van der Waals surface area (Å²) in [5, 5.41) is 0. The Morgan fingerprint density at radius 3 is 1.83 bits per heavy atom. The number of nitrogens with zero attached hydrogens (tertiary/aromatic N) is 1. The van der Waals surface area contributed by atoms with E-state index in [9.17, 15) is 8.78 Å². The minimum atomic E-state index is -0.824. The monoisotopic (exact) mass is 173 g/mol. The molecule has 1 rings (SSSR count). The van der Waals surface area contributed by atoms with Gasteiger partial charge in [0.2, 0.25) is 11.9 Å². The fourth-order valence-electron chi connectivity index (χ4n) is 1.03. The molecule has 0 spiro atoms. The van der Waals surface area contributed by atoms with Crippen LogP contribution >= 0.6 is 0 Å². The second kappa shape index (κ2) is 3.05. The van der Waals surface area contributed by atoms with E-state index in [0.29, 0.717) is 0 Å². The molecule has 0 amide bonds. The summed E-state index contributed by atoms with van der Waals surface area (Å²) in [6, 6.07) is 0. The van der Waals surface area contributed by atoms with Crippen LogP contribution in [0.4, 0.5) is 8.78 Å². The topological polar surface area (TPSA) is 22.1 Å². The van der Waals surface area contributed by atoms with Crippen molar-refractivity contribution in [1.29, 1.82) is 0 Å². The highest BCUT2D eigenvalue weighted by molar-refractivity contribution is 5.38. The molecule has 1 aromatic heterocycles. The number of halogens is 2. The highest BCUT2D eigenvalue weighted by Gasteiger charge is 2.13. The normalized spacial score (nSPS) is 10.1. The van der Waals surface area contributed by atoms with Gasteiger partial charge in [-0.1, -0.05) is 0 Å². The lowest BCUT2D eigenvalue weighted by Gasteiger charge is -2.08. The molecule has 4 heteroatoms. The fourth-order valence-corrected chi connectivity index (χ4v) is 1.03. The number of methoxy groups -OCH3 is 1. The summed E-state index contributed by atoms with van der Waals surface area (Å²) in [5.74, 6) is -1.43. The van der Waals surface area contributed by atoms with Gasteiger partial charge in [-0.15, -0.1) is 0 Å². The predicted octanol–water partition coefficient (Wildman–Crippen LogP) is 1.99. The molecule has 0 fully saturated rings. The van der Waals surface area contributed by atoms with E-state index >= 15 is 0 Å². The number of ether oxygens (including phenoxy) is 1. The molecule has 12 heavy (non-hydrogen) atoms. The smallest absolute Gasteiger partial charge is 0.222 e. The maximum Gasteiger partial charge on any atom is 0.222 e. The van der Waals surface area contributed by atoms with Crippen molar-refractivity contribution in [1.82, 2.24) is 4.98 Å². The van der Waals surface area contributed by atoms with Gasteiger partial charge in [0.05, 0.1) is 7.11 Å². The zero-order chi connectivity index (χ0) is 9.30. The summed E-state index contributed by atoms with van der Waals surface area (Å²) in [4.78, 5) is 3.07. The van der Waals surface area contributed by atoms with Crippen LogP contribution in [0.1, 0.15) is 11.1 Å². The Bertz CT molecular complexity index is 286. The van der Waals surface area contributed by atoms with Gasteiger partial charge in [-0.25, -0.2) is 0 Å². The Balaban J connectivity index is 3.42. The number of hydrogen-bond donors (Lipinski definition) is 0. The van der Waals surface area contributed by atoms with E-state index in [-0.39, 0.29) is 16.9 Å². The number of pyridine rings is 1. The zero-order valence-electron chi connectivity index (χ0n) is 7.11. The molecule has 1 aromatic rings. The Labute approximate surface area is 69.2 Å². The minimum absolute atomic E-state index is 0.222. The molecule has 0 saturated carbocycles. The maximum absolute atomic E-state index is 12.8. The summed E-state index contributed by atoms with van der Waals surface area (Å²) < 4.78 is 30.4. The van der Waals surface area contributed by atoms with Gasteiger partial charge in [0.1, 0.15) is 5.75 Å². The van der Waals surface area contributed by atoms with Crippen LogP contribution in [0.2, 0.25) is 0 Å². The third-order valence-corrected chi connectivity index (χ3v) is 1.70. The summed E-state index contributed by atoms with van der Waals surface area (Å²) in [6.07, 6.45) is 0. The molecule has 0 aliphatic rings. The lowest BCUT2D eigenvalue weighted by Crippen LogP contribution is -2.01. The van der Waals surface area contributed by atoms with Gasteiger partial charge in [0.25, 0.3) is 0 Å². The van der Waals surface area contributed by atoms with Crippen LogP contribution in [0.25, 0.3) is 0 Å². The first kappa shape index (κ1) is 8.90. The Kier molecular flexibility index (Phi) is 2.26. The lowest BCUT2D eigenvalue weighted by molar-refractivity contribution is 0.389. The van der Waals surface area contributed by atoms with Gasteiger partial charge in [-0.3, -0.25) is 0 Å². The molecule has 2 nitrogen and oxygen atoms in total. The average Bonchev–Trinajstić information content (AvgIpc) is 2.02. The van der Waals surface area contributed by atoms with E-state index in [4.69, 9.17) is 4.74 Å². The van der Waals surface area contributed by atoms with Crippen molar-refractivity contribution in [3.8, 4) is 5.75 Å². The molecule has 1 heterocycles. The van der Waals surface area contributed by atoms with Crippen LogP contribution in [-0.2, 0) is 0 Å². The van der Waals surface area contributed by atoms with E-state index < -0.39 is 11.9 Å². The molecule has 0 N–H and O–H groups in total. The molecular formula is C8H9F2NO. The highest BCUT2D eigenvalue weighted by Crippen LogP contribution is 2.24. The molecule has 66 valence electrons. The Hall–Kier alpha value is -1.19. The van der Waals surface area contributed by atoms with Crippen LogP contribution in [0.5, 0.6) is 5.75 Å². The van der Waals surface area contributed by atoms with Crippen molar-refractivity contribution >= 4 is 0 Å². The first-order valence-corrected chi connectivity index (χ1v) is 3.44. The van der Waals surface area contributed by atoms with Crippen LogP contribution in [0, 0.1) is 25.7 Å². The molecule has 0 unspecified atom stereocenters. The minimum Gasteiger partial charge on any atom is -0.496 e. The van der Waals surface area contributed by atoms with Crippen molar-refractivity contribution < 1.29 is 13.5 Å². The lowest BCUT2D eigenvalue weighted by atomic mass is 10.2. The van der Waals surface area contributed by atoms with Crippen LogP contribution in [0.3, 0.4) is 0 Å². The molecule has 0 radical (unpaired) electrons. The summed E-state index contributed by atoms with van der Waals surface area (Å²) >= 11 is 0. The third-order valence-electron chi connectivity index (χ3n) is 1.70. The maximum atomic E-state index is 12.8. The third kappa shape index (κ3) is 1.24. The number of rotatable bonds is 1. The van der Waals surface area contributed by atoms with Gasteiger partial charge >= 0.3 is 0 Å². The van der Waals surface area contributed by atoms with Crippen LogP contribution in [-0.4, -0.2) is 12.1 Å². The van der Waals surface area contributed by atoms with Crippen molar-refractivity contribution in [2.24, 2.45) is 0 Å². The van der Waals surface area contributed by atoms with Gasteiger partial charge in [-0.2, -0.15) is 13.8 Å². The molecular weight excluding hydrogens is 164 g/mol. The van der Waals surface area contributed by atoms with Crippen molar-refractivity contribution in [2.45, 2.75) is 13.8 Å². The molecule has 0 atom stereocenters. The van der Waals surface area contributed by atoms with E-state index in [2.05, 4.69) is 4.98 Å². The quantitative estimate of drug-likeness (QED) is 0.606. The average molecular weight is 173 g/mol. The van der Waals surface area contributed by atoms with E-state index in [1.54, 1.807) is 0 Å². The largest absolute Gasteiger partial charge is 0.496 e. The Morgan fingerprint density at radius 2 is 1.50 bits per heavy atom. The standard InChI is InChI=1S/C8H9F2NO/c1-4-6(12-3)5(2)8(10)11-7(4)9/h1-3H3. The Morgan fingerprint density at radius 1 is 1.08 bits per heavy atom. The van der Waals surface area contributed by atoms with Crippen LogP contribution in [0.15, 0.2) is 0 Å². The van der Waals surface area contributed by atoms with Crippen molar-refractivity contribution in [3.05, 3.63) is 23.0 Å². The van der Waals surface area contributed by atoms with Crippen molar-refractivity contribution in [2.75, 3.05) is 7.11 Å². The zero-order valence-corrected chi connectivity index (χ0v) is 7.11.